The van der Waals surface area contributed by atoms with E-state index in [0.717, 1.165) is 12.1 Å². The molecule has 0 aromatic heterocycles. The third-order valence-electron chi connectivity index (χ3n) is 5.26. The maximum Gasteiger partial charge on any atom is 0.338 e. The van der Waals surface area contributed by atoms with E-state index in [2.05, 4.69) is 0 Å². The zero-order chi connectivity index (χ0) is 23.9. The van der Waals surface area contributed by atoms with Gasteiger partial charge < -0.3 is 44.8 Å². The van der Waals surface area contributed by atoms with Crippen LogP contribution in [0.1, 0.15) is 27.6 Å². The van der Waals surface area contributed by atoms with Crippen molar-refractivity contribution >= 4 is 5.97 Å². The quantitative estimate of drug-likeness (QED) is 0.254. The van der Waals surface area contributed by atoms with Gasteiger partial charge in [0.1, 0.15) is 23.4 Å². The van der Waals surface area contributed by atoms with Crippen molar-refractivity contribution in [3.8, 4) is 46.0 Å². The molecular weight excluding hydrogens is 436 g/mol. The third-order valence-corrected chi connectivity index (χ3v) is 5.26. The molecule has 10 heteroatoms. The summed E-state index contributed by atoms with van der Waals surface area (Å²) in [4.78, 5) is 12.9. The summed E-state index contributed by atoms with van der Waals surface area (Å²) >= 11 is 0. The molecule has 172 valence electrons. The predicted octanol–water partition coefficient (Wildman–Crippen LogP) is 2.83. The Kier molecular flexibility index (Phi) is 5.42. The zero-order valence-electron chi connectivity index (χ0n) is 17.2. The number of aromatic hydroxyl groups is 6. The Labute approximate surface area is 187 Å². The Morgan fingerprint density at radius 1 is 0.909 bits per heavy atom. The number of ether oxygens (including phenoxy) is 3. The Hall–Kier alpha value is -4.47. The van der Waals surface area contributed by atoms with Gasteiger partial charge in [-0.2, -0.15) is 0 Å². The summed E-state index contributed by atoms with van der Waals surface area (Å²) in [5.74, 6) is -3.26. The first kappa shape index (κ1) is 21.8. The van der Waals surface area contributed by atoms with Crippen molar-refractivity contribution in [1.82, 2.24) is 0 Å². The molecule has 0 bridgehead atoms. The molecule has 0 fully saturated rings. The van der Waals surface area contributed by atoms with Gasteiger partial charge in [0, 0.05) is 29.7 Å². The molecule has 0 radical (unpaired) electrons. The van der Waals surface area contributed by atoms with Crippen LogP contribution >= 0.6 is 0 Å². The zero-order valence-corrected chi connectivity index (χ0v) is 17.2. The summed E-state index contributed by atoms with van der Waals surface area (Å²) in [6, 6.07) is 8.55. The molecule has 3 aromatic rings. The molecule has 6 N–H and O–H groups in total. The smallest absolute Gasteiger partial charge is 0.338 e. The topological polar surface area (TPSA) is 166 Å². The second kappa shape index (κ2) is 8.23. The van der Waals surface area contributed by atoms with Gasteiger partial charge in [0.05, 0.1) is 12.7 Å². The molecule has 4 rings (SSSR count). The molecular formula is C23H20O10. The van der Waals surface area contributed by atoms with E-state index in [9.17, 15) is 35.4 Å². The number of fused-ring (bicyclic) bond motifs is 1. The number of benzene rings is 3. The maximum atomic E-state index is 12.9. The first-order valence-corrected chi connectivity index (χ1v) is 9.72. The summed E-state index contributed by atoms with van der Waals surface area (Å²) in [6.45, 7) is 0. The summed E-state index contributed by atoms with van der Waals surface area (Å²) in [5.41, 5.74) is 0.522. The van der Waals surface area contributed by atoms with Crippen molar-refractivity contribution in [3.63, 3.8) is 0 Å². The van der Waals surface area contributed by atoms with E-state index >= 15 is 0 Å². The molecule has 1 aliphatic heterocycles. The Morgan fingerprint density at radius 3 is 2.36 bits per heavy atom. The highest BCUT2D eigenvalue weighted by Gasteiger charge is 2.37. The molecule has 0 amide bonds. The third kappa shape index (κ3) is 4.05. The van der Waals surface area contributed by atoms with Gasteiger partial charge in [-0.25, -0.2) is 4.79 Å². The predicted molar refractivity (Wildman–Crippen MR) is 112 cm³/mol. The second-order valence-corrected chi connectivity index (χ2v) is 7.42. The van der Waals surface area contributed by atoms with Crippen LogP contribution in [0, 0.1) is 0 Å². The van der Waals surface area contributed by atoms with Crippen LogP contribution in [-0.4, -0.2) is 49.8 Å². The molecule has 1 aliphatic rings. The lowest BCUT2D eigenvalue weighted by Crippen LogP contribution is -2.34. The van der Waals surface area contributed by atoms with Crippen LogP contribution in [0.3, 0.4) is 0 Å². The first-order chi connectivity index (χ1) is 15.7. The molecule has 1 heterocycles. The largest absolute Gasteiger partial charge is 0.508 e. The summed E-state index contributed by atoms with van der Waals surface area (Å²) < 4.78 is 16.5. The fourth-order valence-electron chi connectivity index (χ4n) is 3.62. The number of phenols is 6. The second-order valence-electron chi connectivity index (χ2n) is 7.42. The van der Waals surface area contributed by atoms with Crippen molar-refractivity contribution in [2.24, 2.45) is 0 Å². The maximum absolute atomic E-state index is 12.9. The molecule has 0 saturated carbocycles. The molecule has 3 aromatic carbocycles. The van der Waals surface area contributed by atoms with E-state index in [-0.39, 0.29) is 46.3 Å². The molecule has 0 aliphatic carbocycles. The SMILES string of the molecule is COc1cc(C(=O)O[C@H]2Cc3c(O)cc(O)cc3O[C@H]2c2ccc(O)c(O)c2)cc(O)c1O. The average Bonchev–Trinajstić information content (AvgIpc) is 2.77. The van der Waals surface area contributed by atoms with Crippen LogP contribution < -0.4 is 9.47 Å². The minimum Gasteiger partial charge on any atom is -0.508 e. The Bertz CT molecular complexity index is 1240. The van der Waals surface area contributed by atoms with Crippen LogP contribution in [0.25, 0.3) is 0 Å². The van der Waals surface area contributed by atoms with Crippen LogP contribution in [0.4, 0.5) is 0 Å². The van der Waals surface area contributed by atoms with Crippen LogP contribution in [0.2, 0.25) is 0 Å². The lowest BCUT2D eigenvalue weighted by atomic mass is 9.93. The lowest BCUT2D eigenvalue weighted by Gasteiger charge is -2.34. The summed E-state index contributed by atoms with van der Waals surface area (Å²) in [5, 5.41) is 59.3. The van der Waals surface area contributed by atoms with Gasteiger partial charge in [0.15, 0.2) is 29.1 Å². The normalized spacial score (nSPS) is 17.0. The molecule has 0 unspecified atom stereocenters. The number of methoxy groups -OCH3 is 1. The van der Waals surface area contributed by atoms with Crippen LogP contribution in [-0.2, 0) is 11.2 Å². The number of carbonyl (C=O) groups excluding carboxylic acids is 1. The monoisotopic (exact) mass is 456 g/mol. The van der Waals surface area contributed by atoms with E-state index in [1.165, 1.54) is 37.4 Å². The van der Waals surface area contributed by atoms with Gasteiger partial charge in [-0.05, 0) is 24.3 Å². The molecule has 0 saturated heterocycles. The van der Waals surface area contributed by atoms with E-state index in [1.54, 1.807) is 0 Å². The lowest BCUT2D eigenvalue weighted by molar-refractivity contribution is -0.0189. The molecule has 2 atom stereocenters. The average molecular weight is 456 g/mol. The number of carbonyl (C=O) groups is 1. The Morgan fingerprint density at radius 2 is 1.67 bits per heavy atom. The number of esters is 1. The highest BCUT2D eigenvalue weighted by molar-refractivity contribution is 5.91. The first-order valence-electron chi connectivity index (χ1n) is 9.72. The van der Waals surface area contributed by atoms with E-state index < -0.39 is 35.4 Å². The van der Waals surface area contributed by atoms with Crippen molar-refractivity contribution < 1.29 is 49.6 Å². The van der Waals surface area contributed by atoms with Crippen molar-refractivity contribution in [3.05, 3.63) is 59.2 Å². The fraction of sp³-hybridized carbons (Fsp3) is 0.174. The van der Waals surface area contributed by atoms with Gasteiger partial charge >= 0.3 is 5.97 Å². The van der Waals surface area contributed by atoms with Crippen molar-refractivity contribution in [2.45, 2.75) is 18.6 Å². The van der Waals surface area contributed by atoms with E-state index in [4.69, 9.17) is 14.2 Å². The highest BCUT2D eigenvalue weighted by Crippen LogP contribution is 2.44. The van der Waals surface area contributed by atoms with E-state index in [1.807, 2.05) is 0 Å². The number of hydrogen-bond donors (Lipinski definition) is 6. The number of rotatable bonds is 4. The minimum atomic E-state index is -1.02. The standard InChI is InChI=1S/C23H20O10/c1-31-19-6-11(5-17(28)21(19)29)23(30)33-20-9-13-15(26)7-12(24)8-18(13)32-22(20)10-2-3-14(25)16(27)4-10/h2-8,20,22,24-29H,9H2,1H3/t20-,22-/m0/s1. The molecule has 10 nitrogen and oxygen atoms in total. The van der Waals surface area contributed by atoms with Crippen molar-refractivity contribution in [2.75, 3.05) is 7.11 Å². The van der Waals surface area contributed by atoms with Gasteiger partial charge in [0.25, 0.3) is 0 Å². The Balaban J connectivity index is 1.72. The van der Waals surface area contributed by atoms with Gasteiger partial charge in [-0.3, -0.25) is 0 Å². The van der Waals surface area contributed by atoms with Gasteiger partial charge in [-0.1, -0.05) is 6.07 Å². The molecule has 0 spiro atoms. The van der Waals surface area contributed by atoms with E-state index in [0.29, 0.717) is 5.56 Å². The van der Waals surface area contributed by atoms with Gasteiger partial charge in [-0.15, -0.1) is 0 Å². The number of phenolic OH excluding ortho intramolecular Hbond substituents is 6. The summed E-state index contributed by atoms with van der Waals surface area (Å²) in [7, 11) is 1.25. The van der Waals surface area contributed by atoms with Crippen LogP contribution in [0.15, 0.2) is 42.5 Å². The molecule has 33 heavy (non-hydrogen) atoms. The van der Waals surface area contributed by atoms with Crippen molar-refractivity contribution in [1.29, 1.82) is 0 Å². The van der Waals surface area contributed by atoms with Gasteiger partial charge in [0.2, 0.25) is 5.75 Å². The fourth-order valence-corrected chi connectivity index (χ4v) is 3.62. The van der Waals surface area contributed by atoms with Crippen LogP contribution in [0.5, 0.6) is 46.0 Å². The number of hydrogen-bond acceptors (Lipinski definition) is 10. The summed E-state index contributed by atoms with van der Waals surface area (Å²) in [6.07, 6.45) is -2.02. The minimum absolute atomic E-state index is 0.0132. The highest BCUT2D eigenvalue weighted by atomic mass is 16.6.